The number of hydrogen-bond acceptors (Lipinski definition) is 2. The molecule has 0 aliphatic carbocycles. The number of halogens is 2. The summed E-state index contributed by atoms with van der Waals surface area (Å²) in [6, 6.07) is 3.24. The molecular formula is C16H22F2O2. The number of carbonyl (C=O) groups is 1. The molecule has 0 aliphatic rings. The van der Waals surface area contributed by atoms with Crippen molar-refractivity contribution in [2.45, 2.75) is 46.8 Å². The van der Waals surface area contributed by atoms with Crippen molar-refractivity contribution in [3.05, 3.63) is 35.4 Å². The fourth-order valence-corrected chi connectivity index (χ4v) is 2.06. The molecule has 0 spiro atoms. The molecule has 0 saturated carbocycles. The van der Waals surface area contributed by atoms with Crippen LogP contribution in [0.4, 0.5) is 8.78 Å². The molecule has 0 aromatic heterocycles. The maximum absolute atomic E-state index is 13.1. The van der Waals surface area contributed by atoms with Gasteiger partial charge in [0.2, 0.25) is 0 Å². The van der Waals surface area contributed by atoms with E-state index in [0.29, 0.717) is 12.0 Å². The first-order valence-electron chi connectivity index (χ1n) is 6.89. The van der Waals surface area contributed by atoms with E-state index in [1.165, 1.54) is 12.1 Å². The van der Waals surface area contributed by atoms with Gasteiger partial charge in [-0.1, -0.05) is 27.7 Å². The SMILES string of the molecule is CC(C)CC(=O)C(OCc1cc(F)cc(F)c1)C(C)C. The lowest BCUT2D eigenvalue weighted by Gasteiger charge is -2.21. The highest BCUT2D eigenvalue weighted by atomic mass is 19.1. The Morgan fingerprint density at radius 2 is 1.65 bits per heavy atom. The zero-order valence-electron chi connectivity index (χ0n) is 12.5. The number of Topliss-reactive ketones (excluding diaryl/α,β-unsaturated/α-hetero) is 1. The highest BCUT2D eigenvalue weighted by molar-refractivity contribution is 5.83. The molecule has 1 unspecified atom stereocenters. The van der Waals surface area contributed by atoms with E-state index in [0.717, 1.165) is 6.07 Å². The summed E-state index contributed by atoms with van der Waals surface area (Å²) >= 11 is 0. The van der Waals surface area contributed by atoms with Crippen molar-refractivity contribution in [3.8, 4) is 0 Å². The number of benzene rings is 1. The van der Waals surface area contributed by atoms with Gasteiger partial charge in [-0.2, -0.15) is 0 Å². The van der Waals surface area contributed by atoms with E-state index in [9.17, 15) is 13.6 Å². The third kappa shape index (κ3) is 5.37. The Morgan fingerprint density at radius 3 is 2.10 bits per heavy atom. The minimum absolute atomic E-state index is 0.0275. The molecule has 0 bridgehead atoms. The lowest BCUT2D eigenvalue weighted by Crippen LogP contribution is -2.30. The lowest BCUT2D eigenvalue weighted by molar-refractivity contribution is -0.135. The lowest BCUT2D eigenvalue weighted by atomic mass is 9.96. The molecule has 4 heteroatoms. The Morgan fingerprint density at radius 1 is 1.10 bits per heavy atom. The van der Waals surface area contributed by atoms with Gasteiger partial charge in [-0.3, -0.25) is 4.79 Å². The zero-order chi connectivity index (χ0) is 15.3. The van der Waals surface area contributed by atoms with Crippen LogP contribution in [0.2, 0.25) is 0 Å². The van der Waals surface area contributed by atoms with Gasteiger partial charge in [0.1, 0.15) is 17.7 Å². The number of ether oxygens (including phenoxy) is 1. The Labute approximate surface area is 119 Å². The molecule has 1 aromatic carbocycles. The molecule has 0 aliphatic heterocycles. The van der Waals surface area contributed by atoms with Gasteiger partial charge in [0.15, 0.2) is 5.78 Å². The molecule has 0 fully saturated rings. The van der Waals surface area contributed by atoms with Gasteiger partial charge >= 0.3 is 0 Å². The van der Waals surface area contributed by atoms with Gasteiger partial charge in [-0.05, 0) is 29.5 Å². The van der Waals surface area contributed by atoms with E-state index in [2.05, 4.69) is 0 Å². The molecule has 0 saturated heterocycles. The number of ketones is 1. The maximum Gasteiger partial charge on any atom is 0.162 e. The molecule has 2 nitrogen and oxygen atoms in total. The van der Waals surface area contributed by atoms with Crippen LogP contribution >= 0.6 is 0 Å². The molecule has 1 atom stereocenters. The van der Waals surface area contributed by atoms with Crippen molar-refractivity contribution in [2.75, 3.05) is 0 Å². The highest BCUT2D eigenvalue weighted by Gasteiger charge is 2.23. The third-order valence-corrected chi connectivity index (χ3v) is 2.88. The standard InChI is InChI=1S/C16H22F2O2/c1-10(2)5-15(19)16(11(3)4)20-9-12-6-13(17)8-14(18)7-12/h6-8,10-11,16H,5,9H2,1-4H3. The first kappa shape index (κ1) is 16.8. The van der Waals surface area contributed by atoms with E-state index in [1.807, 2.05) is 27.7 Å². The van der Waals surface area contributed by atoms with Crippen LogP contribution in [0.25, 0.3) is 0 Å². The van der Waals surface area contributed by atoms with Crippen LogP contribution in [0.3, 0.4) is 0 Å². The monoisotopic (exact) mass is 284 g/mol. The largest absolute Gasteiger partial charge is 0.365 e. The minimum Gasteiger partial charge on any atom is -0.365 e. The van der Waals surface area contributed by atoms with Crippen molar-refractivity contribution in [2.24, 2.45) is 11.8 Å². The van der Waals surface area contributed by atoms with Gasteiger partial charge in [0, 0.05) is 12.5 Å². The number of hydrogen-bond donors (Lipinski definition) is 0. The Bertz CT molecular complexity index is 436. The number of rotatable bonds is 7. The molecule has 0 amide bonds. The summed E-state index contributed by atoms with van der Waals surface area (Å²) in [5.41, 5.74) is 0.394. The third-order valence-electron chi connectivity index (χ3n) is 2.88. The Hall–Kier alpha value is -1.29. The van der Waals surface area contributed by atoms with Gasteiger partial charge in [0.05, 0.1) is 6.61 Å². The van der Waals surface area contributed by atoms with Gasteiger partial charge in [-0.15, -0.1) is 0 Å². The van der Waals surface area contributed by atoms with Gasteiger partial charge in [0.25, 0.3) is 0 Å². The summed E-state index contributed by atoms with van der Waals surface area (Å²) in [6.45, 7) is 7.76. The van der Waals surface area contributed by atoms with Crippen molar-refractivity contribution >= 4 is 5.78 Å². The molecule has 112 valence electrons. The minimum atomic E-state index is -0.641. The molecule has 1 rings (SSSR count). The van der Waals surface area contributed by atoms with Crippen LogP contribution in [0.5, 0.6) is 0 Å². The average Bonchev–Trinajstić information content (AvgIpc) is 2.25. The Balaban J connectivity index is 2.69. The van der Waals surface area contributed by atoms with Crippen LogP contribution in [-0.2, 0) is 16.1 Å². The predicted octanol–water partition coefficient (Wildman–Crippen LogP) is 4.12. The smallest absolute Gasteiger partial charge is 0.162 e. The van der Waals surface area contributed by atoms with Crippen LogP contribution in [-0.4, -0.2) is 11.9 Å². The second-order valence-corrected chi connectivity index (χ2v) is 5.82. The summed E-state index contributed by atoms with van der Waals surface area (Å²) in [6.07, 6.45) is -0.0934. The zero-order valence-corrected chi connectivity index (χ0v) is 12.5. The fourth-order valence-electron chi connectivity index (χ4n) is 2.06. The Kier molecular flexibility index (Phi) is 6.27. The molecule has 0 radical (unpaired) electrons. The summed E-state index contributed by atoms with van der Waals surface area (Å²) in [5, 5.41) is 0. The van der Waals surface area contributed by atoms with Crippen LogP contribution in [0.15, 0.2) is 18.2 Å². The maximum atomic E-state index is 13.1. The normalized spacial score (nSPS) is 13.0. The van der Waals surface area contributed by atoms with Crippen molar-refractivity contribution in [3.63, 3.8) is 0 Å². The van der Waals surface area contributed by atoms with Crippen molar-refractivity contribution < 1.29 is 18.3 Å². The fraction of sp³-hybridized carbons (Fsp3) is 0.562. The summed E-state index contributed by atoms with van der Waals surface area (Å²) in [5.74, 6) is -0.957. The predicted molar refractivity (Wildman–Crippen MR) is 74.2 cm³/mol. The van der Waals surface area contributed by atoms with E-state index in [-0.39, 0.29) is 24.2 Å². The van der Waals surface area contributed by atoms with E-state index in [1.54, 1.807) is 0 Å². The van der Waals surface area contributed by atoms with Gasteiger partial charge < -0.3 is 4.74 Å². The summed E-state index contributed by atoms with van der Waals surface area (Å²) in [7, 11) is 0. The highest BCUT2D eigenvalue weighted by Crippen LogP contribution is 2.16. The van der Waals surface area contributed by atoms with Crippen LogP contribution in [0, 0.1) is 23.5 Å². The van der Waals surface area contributed by atoms with Crippen molar-refractivity contribution in [1.82, 2.24) is 0 Å². The topological polar surface area (TPSA) is 26.3 Å². The van der Waals surface area contributed by atoms with Crippen LogP contribution in [0.1, 0.15) is 39.7 Å². The second kappa shape index (κ2) is 7.48. The van der Waals surface area contributed by atoms with Gasteiger partial charge in [-0.25, -0.2) is 8.78 Å². The molecule has 1 aromatic rings. The second-order valence-electron chi connectivity index (χ2n) is 5.82. The molecule has 0 N–H and O–H groups in total. The average molecular weight is 284 g/mol. The van der Waals surface area contributed by atoms with Crippen LogP contribution < -0.4 is 0 Å². The van der Waals surface area contributed by atoms with Crippen molar-refractivity contribution in [1.29, 1.82) is 0 Å². The van der Waals surface area contributed by atoms with E-state index in [4.69, 9.17) is 4.74 Å². The first-order valence-corrected chi connectivity index (χ1v) is 6.89. The summed E-state index contributed by atoms with van der Waals surface area (Å²) in [4.78, 5) is 12.1. The quantitative estimate of drug-likeness (QED) is 0.753. The van der Waals surface area contributed by atoms with E-state index >= 15 is 0 Å². The molecule has 20 heavy (non-hydrogen) atoms. The molecule has 0 heterocycles. The molecular weight excluding hydrogens is 262 g/mol. The first-order chi connectivity index (χ1) is 9.29. The summed E-state index contributed by atoms with van der Waals surface area (Å²) < 4.78 is 31.7. The van der Waals surface area contributed by atoms with E-state index < -0.39 is 17.7 Å². The number of carbonyl (C=O) groups excluding carboxylic acids is 1.